The number of aliphatic hydroxyl groups is 3. The standard InChI is InChI=1S/C57H115NO4/c1-3-5-7-9-11-13-15-17-19-21-23-24-25-26-27-28-29-30-31-32-34-36-38-40-42-44-46-48-50-52-56(61)57(62)58-54(53-59)55(60)51-49-47-45-43-41-39-37-35-33-22-20-18-16-14-12-10-8-6-4-2/h54-56,59-61H,3-53H2,1-2H3,(H,58,62). The molecule has 5 nitrogen and oxygen atoms in total. The maximum absolute atomic E-state index is 12.6. The van der Waals surface area contributed by atoms with Crippen molar-refractivity contribution in [3.8, 4) is 0 Å². The van der Waals surface area contributed by atoms with Crippen LogP contribution in [0.2, 0.25) is 0 Å². The minimum Gasteiger partial charge on any atom is -0.394 e. The van der Waals surface area contributed by atoms with E-state index in [-0.39, 0.29) is 6.61 Å². The smallest absolute Gasteiger partial charge is 0.249 e. The van der Waals surface area contributed by atoms with Crippen molar-refractivity contribution in [2.45, 2.75) is 353 Å². The zero-order valence-electron chi connectivity index (χ0n) is 42.5. The molecule has 3 atom stereocenters. The van der Waals surface area contributed by atoms with Gasteiger partial charge in [0.2, 0.25) is 5.91 Å². The Morgan fingerprint density at radius 1 is 0.323 bits per heavy atom. The first-order valence-corrected chi connectivity index (χ1v) is 28.8. The number of hydrogen-bond donors (Lipinski definition) is 4. The molecule has 0 fully saturated rings. The maximum atomic E-state index is 12.6. The molecule has 1 amide bonds. The molecule has 0 aliphatic heterocycles. The SMILES string of the molecule is CCCCCCCCCCCCCCCCCCCCCCCCCCCCCCCC(O)C(=O)NC(CO)C(O)CCCCCCCCCCCCCCCCCCCCC. The van der Waals surface area contributed by atoms with Gasteiger partial charge in [0, 0.05) is 0 Å². The van der Waals surface area contributed by atoms with Gasteiger partial charge in [-0.2, -0.15) is 0 Å². The van der Waals surface area contributed by atoms with Crippen LogP contribution < -0.4 is 5.32 Å². The molecule has 0 saturated carbocycles. The Morgan fingerprint density at radius 3 is 0.726 bits per heavy atom. The van der Waals surface area contributed by atoms with Crippen molar-refractivity contribution in [1.29, 1.82) is 0 Å². The Kier molecular flexibility index (Phi) is 52.4. The summed E-state index contributed by atoms with van der Waals surface area (Å²) < 4.78 is 0. The van der Waals surface area contributed by atoms with E-state index in [0.717, 1.165) is 32.1 Å². The molecule has 0 radical (unpaired) electrons. The van der Waals surface area contributed by atoms with Crippen LogP contribution in [-0.2, 0) is 4.79 Å². The Balaban J connectivity index is 3.47. The molecule has 0 bridgehead atoms. The molecule has 3 unspecified atom stereocenters. The van der Waals surface area contributed by atoms with Gasteiger partial charge in [0.25, 0.3) is 0 Å². The lowest BCUT2D eigenvalue weighted by Crippen LogP contribution is -2.49. The Hall–Kier alpha value is -0.650. The molecule has 5 heteroatoms. The van der Waals surface area contributed by atoms with Crippen molar-refractivity contribution in [1.82, 2.24) is 5.32 Å². The summed E-state index contributed by atoms with van der Waals surface area (Å²) in [5.41, 5.74) is 0. The van der Waals surface area contributed by atoms with Gasteiger partial charge in [0.1, 0.15) is 6.10 Å². The Bertz CT molecular complexity index is 838. The average molecular weight is 879 g/mol. The van der Waals surface area contributed by atoms with Crippen LogP contribution >= 0.6 is 0 Å². The van der Waals surface area contributed by atoms with Gasteiger partial charge in [0.05, 0.1) is 18.8 Å². The lowest BCUT2D eigenvalue weighted by Gasteiger charge is -2.23. The van der Waals surface area contributed by atoms with E-state index in [1.807, 2.05) is 0 Å². The molecular weight excluding hydrogens is 763 g/mol. The number of carbonyl (C=O) groups excluding carboxylic acids is 1. The molecule has 372 valence electrons. The van der Waals surface area contributed by atoms with E-state index < -0.39 is 24.2 Å². The van der Waals surface area contributed by atoms with Gasteiger partial charge in [-0.25, -0.2) is 0 Å². The van der Waals surface area contributed by atoms with Gasteiger partial charge in [-0.05, 0) is 12.8 Å². The molecular formula is C57H115NO4. The van der Waals surface area contributed by atoms with Crippen molar-refractivity contribution in [3.63, 3.8) is 0 Å². The van der Waals surface area contributed by atoms with Crippen molar-refractivity contribution >= 4 is 5.91 Å². The van der Waals surface area contributed by atoms with E-state index in [9.17, 15) is 20.1 Å². The highest BCUT2D eigenvalue weighted by atomic mass is 16.3. The number of nitrogens with one attached hydrogen (secondary N) is 1. The van der Waals surface area contributed by atoms with E-state index >= 15 is 0 Å². The fourth-order valence-electron chi connectivity index (χ4n) is 9.49. The molecule has 0 rings (SSSR count). The van der Waals surface area contributed by atoms with Crippen molar-refractivity contribution < 1.29 is 20.1 Å². The largest absolute Gasteiger partial charge is 0.394 e. The molecule has 62 heavy (non-hydrogen) atoms. The third-order valence-corrected chi connectivity index (χ3v) is 14.0. The fraction of sp³-hybridized carbons (Fsp3) is 0.982. The molecule has 0 saturated heterocycles. The molecule has 0 aliphatic carbocycles. The zero-order valence-corrected chi connectivity index (χ0v) is 42.5. The van der Waals surface area contributed by atoms with E-state index in [0.29, 0.717) is 12.8 Å². The monoisotopic (exact) mass is 878 g/mol. The van der Waals surface area contributed by atoms with E-state index in [4.69, 9.17) is 0 Å². The van der Waals surface area contributed by atoms with Gasteiger partial charge in [-0.3, -0.25) is 4.79 Å². The van der Waals surface area contributed by atoms with Crippen LogP contribution in [0, 0.1) is 0 Å². The summed E-state index contributed by atoms with van der Waals surface area (Å²) in [6, 6.07) is -0.707. The van der Waals surface area contributed by atoms with E-state index in [1.54, 1.807) is 0 Å². The second-order valence-corrected chi connectivity index (χ2v) is 20.2. The quantitative estimate of drug-likeness (QED) is 0.0458. The van der Waals surface area contributed by atoms with Crippen molar-refractivity contribution in [2.24, 2.45) is 0 Å². The Labute approximate surface area is 389 Å². The second kappa shape index (κ2) is 53.0. The highest BCUT2D eigenvalue weighted by Crippen LogP contribution is 2.19. The lowest BCUT2D eigenvalue weighted by molar-refractivity contribution is -0.131. The summed E-state index contributed by atoms with van der Waals surface area (Å²) in [6.45, 7) is 4.28. The van der Waals surface area contributed by atoms with E-state index in [2.05, 4.69) is 19.2 Å². The third kappa shape index (κ3) is 47.3. The van der Waals surface area contributed by atoms with Crippen molar-refractivity contribution in [2.75, 3.05) is 6.61 Å². The van der Waals surface area contributed by atoms with Crippen LogP contribution in [0.15, 0.2) is 0 Å². The number of hydrogen-bond acceptors (Lipinski definition) is 4. The van der Waals surface area contributed by atoms with Gasteiger partial charge in [-0.15, -0.1) is 0 Å². The number of rotatable bonds is 54. The molecule has 4 N–H and O–H groups in total. The van der Waals surface area contributed by atoms with Crippen molar-refractivity contribution in [3.05, 3.63) is 0 Å². The number of carbonyl (C=O) groups is 1. The number of unbranched alkanes of at least 4 members (excludes halogenated alkanes) is 46. The highest BCUT2D eigenvalue weighted by molar-refractivity contribution is 5.80. The van der Waals surface area contributed by atoms with Gasteiger partial charge in [-0.1, -0.05) is 322 Å². The first-order chi connectivity index (χ1) is 30.6. The average Bonchev–Trinajstić information content (AvgIpc) is 3.28. The molecule has 0 aliphatic rings. The summed E-state index contributed by atoms with van der Waals surface area (Å²) in [7, 11) is 0. The van der Waals surface area contributed by atoms with E-state index in [1.165, 1.54) is 276 Å². The number of aliphatic hydroxyl groups excluding tert-OH is 3. The molecule has 0 heterocycles. The van der Waals surface area contributed by atoms with Crippen LogP contribution in [-0.4, -0.2) is 46.1 Å². The van der Waals surface area contributed by atoms with Gasteiger partial charge in [0.15, 0.2) is 0 Å². The van der Waals surface area contributed by atoms with Crippen LogP contribution in [0.4, 0.5) is 0 Å². The maximum Gasteiger partial charge on any atom is 0.249 e. The summed E-state index contributed by atoms with van der Waals surface area (Å²) in [4.78, 5) is 12.6. The predicted molar refractivity (Wildman–Crippen MR) is 273 cm³/mol. The van der Waals surface area contributed by atoms with Crippen LogP contribution in [0.25, 0.3) is 0 Å². The molecule has 0 aromatic rings. The van der Waals surface area contributed by atoms with Crippen LogP contribution in [0.5, 0.6) is 0 Å². The van der Waals surface area contributed by atoms with Crippen LogP contribution in [0.1, 0.15) is 335 Å². The predicted octanol–water partition coefficient (Wildman–Crippen LogP) is 17.7. The first kappa shape index (κ1) is 61.4. The normalized spacial score (nSPS) is 13.2. The lowest BCUT2D eigenvalue weighted by atomic mass is 10.0. The second-order valence-electron chi connectivity index (χ2n) is 20.2. The topological polar surface area (TPSA) is 89.8 Å². The summed E-state index contributed by atoms with van der Waals surface area (Å²) in [6.07, 6.45) is 64.4. The van der Waals surface area contributed by atoms with Gasteiger partial charge >= 0.3 is 0 Å². The molecule has 0 aromatic carbocycles. The zero-order chi connectivity index (χ0) is 45.1. The van der Waals surface area contributed by atoms with Crippen LogP contribution in [0.3, 0.4) is 0 Å². The molecule has 0 spiro atoms. The minimum absolute atomic E-state index is 0.307. The first-order valence-electron chi connectivity index (χ1n) is 28.8. The number of amides is 1. The summed E-state index contributed by atoms with van der Waals surface area (Å²) >= 11 is 0. The Morgan fingerprint density at radius 2 is 0.516 bits per heavy atom. The minimum atomic E-state index is -1.07. The fourth-order valence-corrected chi connectivity index (χ4v) is 9.49. The third-order valence-electron chi connectivity index (χ3n) is 14.0. The summed E-state index contributed by atoms with van der Waals surface area (Å²) in [5.74, 6) is -0.462. The van der Waals surface area contributed by atoms with Gasteiger partial charge < -0.3 is 20.6 Å². The molecule has 0 aromatic heterocycles. The highest BCUT2D eigenvalue weighted by Gasteiger charge is 2.23. The summed E-state index contributed by atoms with van der Waals surface area (Å²) in [5, 5.41) is 33.6.